The molecule has 0 saturated carbocycles. The highest BCUT2D eigenvalue weighted by atomic mass is 32.1. The minimum Gasteiger partial charge on any atom is -0.399 e. The maximum absolute atomic E-state index is 6.38. The lowest BCUT2D eigenvalue weighted by Gasteiger charge is -2.26. The molecule has 1 atom stereocenters. The monoisotopic (exact) mass is 442 g/mol. The van der Waals surface area contributed by atoms with Crippen molar-refractivity contribution in [3.63, 3.8) is 0 Å². The van der Waals surface area contributed by atoms with Gasteiger partial charge in [-0.25, -0.2) is 0 Å². The SMILES string of the molecule is NC1=CCC(c2ccc3sc4ccccc4c3c2)C(n2c3ccccc3c3ccccc32)=C1. The number of allylic oxidation sites excluding steroid dienone is 3. The first kappa shape index (κ1) is 18.7. The van der Waals surface area contributed by atoms with Crippen LogP contribution in [0.15, 0.2) is 109 Å². The van der Waals surface area contributed by atoms with Crippen molar-refractivity contribution in [2.75, 3.05) is 0 Å². The van der Waals surface area contributed by atoms with Crippen molar-refractivity contribution in [2.24, 2.45) is 5.73 Å². The van der Waals surface area contributed by atoms with E-state index in [1.165, 1.54) is 53.2 Å². The average Bonchev–Trinajstić information content (AvgIpc) is 3.39. The van der Waals surface area contributed by atoms with Crippen LogP contribution in [0.4, 0.5) is 0 Å². The Morgan fingerprint density at radius 1 is 0.697 bits per heavy atom. The zero-order valence-electron chi connectivity index (χ0n) is 18.0. The predicted molar refractivity (Wildman–Crippen MR) is 143 cm³/mol. The molecule has 6 aromatic rings. The molecular weight excluding hydrogens is 420 g/mol. The van der Waals surface area contributed by atoms with E-state index in [0.29, 0.717) is 0 Å². The number of nitrogens with two attached hydrogens (primary N) is 1. The highest BCUT2D eigenvalue weighted by molar-refractivity contribution is 7.25. The second kappa shape index (κ2) is 7.09. The van der Waals surface area contributed by atoms with Gasteiger partial charge in [0.2, 0.25) is 0 Å². The van der Waals surface area contributed by atoms with E-state index >= 15 is 0 Å². The molecule has 2 nitrogen and oxygen atoms in total. The number of aromatic nitrogens is 1. The summed E-state index contributed by atoms with van der Waals surface area (Å²) in [4.78, 5) is 0. The number of para-hydroxylation sites is 2. The van der Waals surface area contributed by atoms with Gasteiger partial charge in [0, 0.05) is 48.3 Å². The van der Waals surface area contributed by atoms with Crippen LogP contribution in [-0.4, -0.2) is 4.57 Å². The van der Waals surface area contributed by atoms with E-state index in [9.17, 15) is 0 Å². The minimum absolute atomic E-state index is 0.236. The first-order valence-corrected chi connectivity index (χ1v) is 12.2. The fourth-order valence-electron chi connectivity index (χ4n) is 5.39. The third-order valence-corrected chi connectivity index (χ3v) is 8.05. The molecule has 1 unspecified atom stereocenters. The molecule has 2 aromatic heterocycles. The van der Waals surface area contributed by atoms with Gasteiger partial charge in [0.05, 0.1) is 11.0 Å². The summed E-state index contributed by atoms with van der Waals surface area (Å²) in [5, 5.41) is 5.24. The quantitative estimate of drug-likeness (QED) is 0.289. The average molecular weight is 443 g/mol. The molecule has 0 aliphatic heterocycles. The van der Waals surface area contributed by atoms with Crippen LogP contribution in [-0.2, 0) is 0 Å². The molecule has 4 aromatic carbocycles. The maximum Gasteiger partial charge on any atom is 0.0538 e. The highest BCUT2D eigenvalue weighted by Gasteiger charge is 2.24. The van der Waals surface area contributed by atoms with Crippen LogP contribution in [0.3, 0.4) is 0 Å². The molecule has 1 aliphatic rings. The summed E-state index contributed by atoms with van der Waals surface area (Å²) < 4.78 is 5.11. The van der Waals surface area contributed by atoms with Gasteiger partial charge in [0.15, 0.2) is 0 Å². The lowest BCUT2D eigenvalue weighted by Crippen LogP contribution is -2.13. The van der Waals surface area contributed by atoms with Gasteiger partial charge in [0.1, 0.15) is 0 Å². The number of hydrogen-bond acceptors (Lipinski definition) is 2. The molecule has 0 amide bonds. The van der Waals surface area contributed by atoms with Crippen molar-refractivity contribution >= 4 is 59.0 Å². The zero-order chi connectivity index (χ0) is 21.9. The fourth-order valence-corrected chi connectivity index (χ4v) is 6.48. The van der Waals surface area contributed by atoms with Gasteiger partial charge < -0.3 is 10.3 Å². The number of fused-ring (bicyclic) bond motifs is 6. The Morgan fingerprint density at radius 3 is 2.09 bits per heavy atom. The molecular formula is C30H22N2S. The molecule has 0 fully saturated rings. The molecule has 1 aliphatic carbocycles. The van der Waals surface area contributed by atoms with E-state index in [1.54, 1.807) is 0 Å². The Hall–Kier alpha value is -3.82. The van der Waals surface area contributed by atoms with Gasteiger partial charge in [-0.15, -0.1) is 11.3 Å². The lowest BCUT2D eigenvalue weighted by atomic mass is 9.87. The Morgan fingerprint density at radius 2 is 1.33 bits per heavy atom. The summed E-state index contributed by atoms with van der Waals surface area (Å²) in [7, 11) is 0. The van der Waals surface area contributed by atoms with E-state index in [0.717, 1.165) is 12.1 Å². The van der Waals surface area contributed by atoms with Gasteiger partial charge in [-0.1, -0.05) is 66.7 Å². The molecule has 0 bridgehead atoms. The van der Waals surface area contributed by atoms with Crippen molar-refractivity contribution in [3.8, 4) is 0 Å². The summed E-state index contributed by atoms with van der Waals surface area (Å²) in [6, 6.07) is 33.1. The van der Waals surface area contributed by atoms with Gasteiger partial charge in [0.25, 0.3) is 0 Å². The van der Waals surface area contributed by atoms with Gasteiger partial charge in [-0.2, -0.15) is 0 Å². The summed E-state index contributed by atoms with van der Waals surface area (Å²) in [6.45, 7) is 0. The molecule has 33 heavy (non-hydrogen) atoms. The topological polar surface area (TPSA) is 30.9 Å². The number of benzene rings is 4. The van der Waals surface area contributed by atoms with E-state index in [2.05, 4.69) is 108 Å². The fraction of sp³-hybridized carbons (Fsp3) is 0.0667. The normalized spacial score (nSPS) is 16.5. The molecule has 0 spiro atoms. The Balaban J connectivity index is 1.48. The van der Waals surface area contributed by atoms with E-state index in [4.69, 9.17) is 5.73 Å². The summed E-state index contributed by atoms with van der Waals surface area (Å²) in [5.74, 6) is 0.236. The van der Waals surface area contributed by atoms with Crippen molar-refractivity contribution in [1.82, 2.24) is 4.57 Å². The summed E-state index contributed by atoms with van der Waals surface area (Å²) in [5.41, 5.74) is 12.3. The van der Waals surface area contributed by atoms with Crippen molar-refractivity contribution in [2.45, 2.75) is 12.3 Å². The second-order valence-corrected chi connectivity index (χ2v) is 9.87. The van der Waals surface area contributed by atoms with E-state index in [-0.39, 0.29) is 5.92 Å². The van der Waals surface area contributed by atoms with Gasteiger partial charge in [-0.05, 0) is 48.4 Å². The van der Waals surface area contributed by atoms with Crippen LogP contribution in [0.25, 0.3) is 47.7 Å². The molecule has 158 valence electrons. The van der Waals surface area contributed by atoms with Crippen molar-refractivity contribution in [1.29, 1.82) is 0 Å². The summed E-state index contributed by atoms with van der Waals surface area (Å²) in [6.07, 6.45) is 5.23. The standard InChI is InChI=1S/C30H22N2S/c31-20-14-15-21(19-13-16-30-25(17-19)24-9-3-6-12-29(24)33-30)28(18-20)32-26-10-4-1-7-22(26)23-8-2-5-11-27(23)32/h1-14,16-18,21H,15,31H2. The number of nitrogens with zero attached hydrogens (tertiary/aromatic N) is 1. The third kappa shape index (κ3) is 2.79. The van der Waals surface area contributed by atoms with Crippen LogP contribution in [0.5, 0.6) is 0 Å². The highest BCUT2D eigenvalue weighted by Crippen LogP contribution is 2.43. The predicted octanol–water partition coefficient (Wildman–Crippen LogP) is 8.03. The lowest BCUT2D eigenvalue weighted by molar-refractivity contribution is 0.822. The maximum atomic E-state index is 6.38. The van der Waals surface area contributed by atoms with E-state index in [1.807, 2.05) is 11.3 Å². The van der Waals surface area contributed by atoms with Crippen LogP contribution in [0.1, 0.15) is 17.9 Å². The van der Waals surface area contributed by atoms with Crippen molar-refractivity contribution < 1.29 is 0 Å². The minimum atomic E-state index is 0.236. The number of hydrogen-bond donors (Lipinski definition) is 1. The molecule has 3 heteroatoms. The Labute approximate surface area is 195 Å². The molecule has 7 rings (SSSR count). The molecule has 2 heterocycles. The van der Waals surface area contributed by atoms with Gasteiger partial charge in [-0.3, -0.25) is 0 Å². The van der Waals surface area contributed by atoms with Crippen LogP contribution in [0, 0.1) is 0 Å². The second-order valence-electron chi connectivity index (χ2n) is 8.79. The smallest absolute Gasteiger partial charge is 0.0538 e. The summed E-state index contributed by atoms with van der Waals surface area (Å²) >= 11 is 1.87. The molecule has 0 radical (unpaired) electrons. The number of thiophene rings is 1. The Kier molecular flexibility index (Phi) is 4.02. The van der Waals surface area contributed by atoms with Crippen LogP contribution < -0.4 is 5.73 Å². The third-order valence-electron chi connectivity index (χ3n) is 6.90. The molecule has 0 saturated heterocycles. The first-order chi connectivity index (χ1) is 16.3. The van der Waals surface area contributed by atoms with Crippen LogP contribution in [0.2, 0.25) is 0 Å². The van der Waals surface area contributed by atoms with Crippen LogP contribution >= 0.6 is 11.3 Å². The van der Waals surface area contributed by atoms with E-state index < -0.39 is 0 Å². The Bertz CT molecular complexity index is 1710. The zero-order valence-corrected chi connectivity index (χ0v) is 18.8. The first-order valence-electron chi connectivity index (χ1n) is 11.3. The largest absolute Gasteiger partial charge is 0.399 e. The number of rotatable bonds is 2. The van der Waals surface area contributed by atoms with Gasteiger partial charge >= 0.3 is 0 Å². The molecule has 2 N–H and O–H groups in total. The van der Waals surface area contributed by atoms with Crippen molar-refractivity contribution in [3.05, 3.63) is 114 Å².